The third-order valence-corrected chi connectivity index (χ3v) is 3.48. The Morgan fingerprint density at radius 2 is 2.35 bits per heavy atom. The zero-order chi connectivity index (χ0) is 12.5. The highest BCUT2D eigenvalue weighted by Gasteiger charge is 2.33. The van der Waals surface area contributed by atoms with Crippen molar-refractivity contribution in [3.8, 4) is 0 Å². The van der Waals surface area contributed by atoms with Gasteiger partial charge in [-0.25, -0.2) is 0 Å². The normalized spacial score (nSPS) is 23.8. The van der Waals surface area contributed by atoms with Gasteiger partial charge in [0.05, 0.1) is 17.9 Å². The van der Waals surface area contributed by atoms with Gasteiger partial charge in [0.15, 0.2) is 5.82 Å². The Hall–Kier alpha value is -0.680. The maximum Gasteiger partial charge on any atom is 0.151 e. The summed E-state index contributed by atoms with van der Waals surface area (Å²) in [7, 11) is 0. The lowest BCUT2D eigenvalue weighted by Gasteiger charge is -2.42. The highest BCUT2D eigenvalue weighted by atomic mass is 79.9. The maximum absolute atomic E-state index is 5.97. The van der Waals surface area contributed by atoms with Gasteiger partial charge in [-0.05, 0) is 32.4 Å². The van der Waals surface area contributed by atoms with Crippen molar-refractivity contribution in [1.82, 2.24) is 10.2 Å². The molecule has 1 atom stereocenters. The summed E-state index contributed by atoms with van der Waals surface area (Å²) in [5, 5.41) is 9.06. The number of aromatic nitrogens is 2. The van der Waals surface area contributed by atoms with Crippen LogP contribution < -0.4 is 4.90 Å². The molecule has 5 heteroatoms. The van der Waals surface area contributed by atoms with Crippen LogP contribution in [0.1, 0.15) is 19.4 Å². The van der Waals surface area contributed by atoms with Crippen molar-refractivity contribution in [3.05, 3.63) is 17.8 Å². The summed E-state index contributed by atoms with van der Waals surface area (Å²) in [4.78, 5) is 2.25. The number of aryl methyl sites for hydroxylation is 1. The maximum atomic E-state index is 5.97. The van der Waals surface area contributed by atoms with Gasteiger partial charge in [-0.15, -0.1) is 5.10 Å². The van der Waals surface area contributed by atoms with Crippen LogP contribution in [0.3, 0.4) is 0 Å². The van der Waals surface area contributed by atoms with Gasteiger partial charge in [-0.2, -0.15) is 5.10 Å². The number of alkyl halides is 1. The minimum atomic E-state index is -0.151. The highest BCUT2D eigenvalue weighted by Crippen LogP contribution is 2.25. The van der Waals surface area contributed by atoms with Crippen LogP contribution in [0.5, 0.6) is 0 Å². The van der Waals surface area contributed by atoms with Crippen molar-refractivity contribution < 1.29 is 4.74 Å². The average Bonchev–Trinajstić information content (AvgIpc) is 2.27. The number of rotatable bonds is 2. The minimum absolute atomic E-state index is 0.151. The van der Waals surface area contributed by atoms with Crippen molar-refractivity contribution >= 4 is 21.7 Å². The van der Waals surface area contributed by atoms with Crippen molar-refractivity contribution in [2.75, 3.05) is 23.3 Å². The van der Waals surface area contributed by atoms with Gasteiger partial charge in [0.1, 0.15) is 0 Å². The van der Waals surface area contributed by atoms with Crippen LogP contribution in [0.15, 0.2) is 12.3 Å². The highest BCUT2D eigenvalue weighted by molar-refractivity contribution is 9.09. The molecule has 0 aliphatic carbocycles. The quantitative estimate of drug-likeness (QED) is 0.785. The molecule has 1 unspecified atom stereocenters. The van der Waals surface area contributed by atoms with E-state index in [1.807, 2.05) is 6.92 Å². The molecule has 94 valence electrons. The molecule has 0 saturated carbocycles. The molecule has 0 spiro atoms. The second kappa shape index (κ2) is 4.90. The number of nitrogens with zero attached hydrogens (tertiary/aromatic N) is 3. The fourth-order valence-corrected chi connectivity index (χ4v) is 2.49. The standard InChI is InChI=1S/C12H18BrN3O/c1-9-4-11(15-14-6-9)16-7-10(5-13)17-12(2,3)8-16/h4,6,10H,5,7-8H2,1-3H3. The van der Waals surface area contributed by atoms with Crippen molar-refractivity contribution in [2.24, 2.45) is 0 Å². The van der Waals surface area contributed by atoms with E-state index in [4.69, 9.17) is 4.74 Å². The molecule has 1 aromatic rings. The summed E-state index contributed by atoms with van der Waals surface area (Å²) in [6.45, 7) is 7.95. The lowest BCUT2D eigenvalue weighted by atomic mass is 10.1. The van der Waals surface area contributed by atoms with E-state index < -0.39 is 0 Å². The van der Waals surface area contributed by atoms with Gasteiger partial charge in [0.25, 0.3) is 0 Å². The molecule has 1 aromatic heterocycles. The average molecular weight is 300 g/mol. The molecular weight excluding hydrogens is 282 g/mol. The van der Waals surface area contributed by atoms with Crippen molar-refractivity contribution in [3.63, 3.8) is 0 Å². The predicted molar refractivity (Wildman–Crippen MR) is 71.7 cm³/mol. The molecule has 1 saturated heterocycles. The Morgan fingerprint density at radius 3 is 3.00 bits per heavy atom. The SMILES string of the molecule is Cc1cnnc(N2CC(CBr)OC(C)(C)C2)c1. The van der Waals surface area contributed by atoms with Crippen molar-refractivity contribution in [2.45, 2.75) is 32.5 Å². The molecule has 2 rings (SSSR count). The molecule has 0 radical (unpaired) electrons. The Balaban J connectivity index is 2.20. The van der Waals surface area contributed by atoms with E-state index >= 15 is 0 Å². The first-order valence-corrected chi connectivity index (χ1v) is 6.90. The fourth-order valence-electron chi connectivity index (χ4n) is 2.15. The summed E-state index contributed by atoms with van der Waals surface area (Å²) in [5.41, 5.74) is 0.983. The summed E-state index contributed by atoms with van der Waals surface area (Å²) in [6.07, 6.45) is 1.97. The lowest BCUT2D eigenvalue weighted by Crippen LogP contribution is -2.53. The molecule has 17 heavy (non-hydrogen) atoms. The Bertz CT molecular complexity index is 397. The van der Waals surface area contributed by atoms with Crippen LogP contribution in [0.2, 0.25) is 0 Å². The molecule has 1 aliphatic rings. The zero-order valence-electron chi connectivity index (χ0n) is 10.5. The first-order valence-electron chi connectivity index (χ1n) is 5.78. The summed E-state index contributed by atoms with van der Waals surface area (Å²) in [6, 6.07) is 2.07. The monoisotopic (exact) mass is 299 g/mol. The Labute approximate surface area is 110 Å². The second-order valence-corrected chi connectivity index (χ2v) is 5.77. The number of hydrogen-bond acceptors (Lipinski definition) is 4. The Kier molecular flexibility index (Phi) is 3.68. The second-order valence-electron chi connectivity index (χ2n) is 5.13. The van der Waals surface area contributed by atoms with Crippen LogP contribution in [0.4, 0.5) is 5.82 Å². The predicted octanol–water partition coefficient (Wildman–Crippen LogP) is 2.16. The fraction of sp³-hybridized carbons (Fsp3) is 0.667. The molecule has 0 aromatic carbocycles. The molecule has 4 nitrogen and oxygen atoms in total. The van der Waals surface area contributed by atoms with Gasteiger partial charge >= 0.3 is 0 Å². The first-order chi connectivity index (χ1) is 8.00. The summed E-state index contributed by atoms with van der Waals surface area (Å²) < 4.78 is 5.97. The first kappa shape index (κ1) is 12.8. The number of hydrogen-bond donors (Lipinski definition) is 0. The Morgan fingerprint density at radius 1 is 1.59 bits per heavy atom. The van der Waals surface area contributed by atoms with Gasteiger partial charge < -0.3 is 9.64 Å². The summed E-state index contributed by atoms with van der Waals surface area (Å²) >= 11 is 3.49. The van der Waals surface area contributed by atoms with Crippen LogP contribution in [0.25, 0.3) is 0 Å². The molecule has 2 heterocycles. The van der Waals surface area contributed by atoms with Crippen LogP contribution in [-0.4, -0.2) is 40.3 Å². The van der Waals surface area contributed by atoms with E-state index in [1.165, 1.54) is 0 Å². The van der Waals surface area contributed by atoms with Crippen LogP contribution in [-0.2, 0) is 4.74 Å². The number of halogens is 1. The molecule has 0 bridgehead atoms. The number of anilines is 1. The van der Waals surface area contributed by atoms with E-state index in [0.717, 1.165) is 29.8 Å². The molecule has 0 amide bonds. The summed E-state index contributed by atoms with van der Waals surface area (Å²) in [5.74, 6) is 0.937. The van der Waals surface area contributed by atoms with E-state index in [-0.39, 0.29) is 11.7 Å². The largest absolute Gasteiger partial charge is 0.368 e. The molecule has 1 fully saturated rings. The molecule has 1 aliphatic heterocycles. The molecular formula is C12H18BrN3O. The van der Waals surface area contributed by atoms with E-state index in [9.17, 15) is 0 Å². The number of morpholine rings is 1. The van der Waals surface area contributed by atoms with Gasteiger partial charge in [-0.1, -0.05) is 15.9 Å². The van der Waals surface area contributed by atoms with E-state index in [2.05, 4.69) is 50.9 Å². The van der Waals surface area contributed by atoms with E-state index in [1.54, 1.807) is 6.20 Å². The lowest BCUT2D eigenvalue weighted by molar-refractivity contribution is -0.0726. The van der Waals surface area contributed by atoms with Gasteiger partial charge in [-0.3, -0.25) is 0 Å². The molecule has 0 N–H and O–H groups in total. The topological polar surface area (TPSA) is 38.2 Å². The van der Waals surface area contributed by atoms with Crippen LogP contribution >= 0.6 is 15.9 Å². The van der Waals surface area contributed by atoms with Crippen LogP contribution in [0, 0.1) is 6.92 Å². The number of ether oxygens (including phenoxy) is 1. The minimum Gasteiger partial charge on any atom is -0.368 e. The third kappa shape index (κ3) is 3.16. The van der Waals surface area contributed by atoms with Crippen molar-refractivity contribution in [1.29, 1.82) is 0 Å². The van der Waals surface area contributed by atoms with Gasteiger partial charge in [0.2, 0.25) is 0 Å². The van der Waals surface area contributed by atoms with Gasteiger partial charge in [0, 0.05) is 18.4 Å². The zero-order valence-corrected chi connectivity index (χ0v) is 12.1. The smallest absolute Gasteiger partial charge is 0.151 e. The third-order valence-electron chi connectivity index (χ3n) is 2.76. The van der Waals surface area contributed by atoms with E-state index in [0.29, 0.717) is 0 Å².